The van der Waals surface area contributed by atoms with E-state index in [1.807, 2.05) is 0 Å². The molecule has 0 radical (unpaired) electrons. The lowest BCUT2D eigenvalue weighted by Crippen LogP contribution is -2.62. The van der Waals surface area contributed by atoms with Crippen LogP contribution in [0.2, 0.25) is 0 Å². The van der Waals surface area contributed by atoms with Gasteiger partial charge in [0.15, 0.2) is 11.9 Å². The Balaban J connectivity index is 2.22. The molecule has 1 heterocycles. The molecule has 15 unspecified atom stereocenters. The Hall–Kier alpha value is -12.2. The molecule has 1 fully saturated rings. The zero-order chi connectivity index (χ0) is 94.6. The highest BCUT2D eigenvalue weighted by molar-refractivity contribution is 8.76. The van der Waals surface area contributed by atoms with Crippen molar-refractivity contribution in [2.45, 2.75) is 217 Å². The van der Waals surface area contributed by atoms with Crippen LogP contribution >= 0.6 is 21.6 Å². The number of carbonyl (C=O) groups excluding carboxylic acids is 16. The molecule has 46 nitrogen and oxygen atoms in total. The van der Waals surface area contributed by atoms with Crippen LogP contribution < -0.4 is 113 Å². The first-order valence-corrected chi connectivity index (χ1v) is 43.3. The molecular weight excluding hydrogens is 1690 g/mol. The number of guanidine groups is 2. The smallest absolute Gasteiger partial charge is 0.326 e. The predicted molar refractivity (Wildman–Crippen MR) is 460 cm³/mol. The number of nitrogens with one attached hydrogen (secondary N) is 19. The van der Waals surface area contributed by atoms with Gasteiger partial charge in [-0.15, -0.1) is 0 Å². The van der Waals surface area contributed by atoms with E-state index in [9.17, 15) is 102 Å². The van der Waals surface area contributed by atoms with Crippen LogP contribution in [-0.4, -0.2) is 279 Å². The number of amides is 16. The Morgan fingerprint density at radius 3 is 1.64 bits per heavy atom. The maximum Gasteiger partial charge on any atom is 0.326 e. The van der Waals surface area contributed by atoms with Gasteiger partial charge < -0.3 is 139 Å². The van der Waals surface area contributed by atoms with Gasteiger partial charge in [0, 0.05) is 43.9 Å². The van der Waals surface area contributed by atoms with Crippen molar-refractivity contribution in [3.05, 3.63) is 65.7 Å². The van der Waals surface area contributed by atoms with Gasteiger partial charge in [-0.1, -0.05) is 126 Å². The van der Waals surface area contributed by atoms with Crippen molar-refractivity contribution in [2.24, 2.45) is 46.6 Å². The van der Waals surface area contributed by atoms with Crippen LogP contribution in [0, 0.1) is 34.5 Å². The van der Waals surface area contributed by atoms with Crippen molar-refractivity contribution >= 4 is 140 Å². The molecule has 32 N–H and O–H groups in total. The first-order valence-electron chi connectivity index (χ1n) is 40.8. The minimum Gasteiger partial charge on any atom is -0.508 e. The zero-order valence-corrected chi connectivity index (χ0v) is 73.1. The Morgan fingerprint density at radius 2 is 1.06 bits per heavy atom. The van der Waals surface area contributed by atoms with Crippen molar-refractivity contribution in [1.29, 1.82) is 10.8 Å². The molecule has 1 aliphatic heterocycles. The quantitative estimate of drug-likeness (QED) is 0.0127. The fourth-order valence-corrected chi connectivity index (χ4v) is 14.5. The van der Waals surface area contributed by atoms with Crippen LogP contribution in [0.15, 0.2) is 54.6 Å². The predicted octanol–water partition coefficient (Wildman–Crippen LogP) is -7.44. The van der Waals surface area contributed by atoms with E-state index < -0.39 is 291 Å². The normalized spacial score (nSPS) is 19.7. The molecule has 0 saturated carbocycles. The molecule has 0 spiro atoms. The van der Waals surface area contributed by atoms with Crippen LogP contribution in [0.5, 0.6) is 5.75 Å². The summed E-state index contributed by atoms with van der Waals surface area (Å²) < 4.78 is 0. The van der Waals surface area contributed by atoms with Gasteiger partial charge in [0.05, 0.1) is 32.3 Å². The summed E-state index contributed by atoms with van der Waals surface area (Å²) in [5.74, 6) is -25.2. The Morgan fingerprint density at radius 1 is 0.532 bits per heavy atom. The van der Waals surface area contributed by atoms with Crippen molar-refractivity contribution in [3.8, 4) is 5.75 Å². The van der Waals surface area contributed by atoms with E-state index in [0.717, 1.165) is 0 Å². The number of aliphatic hydroxyl groups is 2. The lowest BCUT2D eigenvalue weighted by molar-refractivity contribution is -0.142. The third-order valence-corrected chi connectivity index (χ3v) is 21.8. The van der Waals surface area contributed by atoms with Gasteiger partial charge in [-0.05, 0) is 98.3 Å². The van der Waals surface area contributed by atoms with Crippen molar-refractivity contribution in [2.75, 3.05) is 50.9 Å². The molecule has 2 aromatic rings. The summed E-state index contributed by atoms with van der Waals surface area (Å²) in [7, 11) is 1.34. The number of phenols is 1. The number of phenolic OH excluding ortho intramolecular Hbond substituents is 1. The van der Waals surface area contributed by atoms with Gasteiger partial charge in [-0.3, -0.25) is 92.3 Å². The fourth-order valence-electron chi connectivity index (χ4n) is 12.2. The van der Waals surface area contributed by atoms with Gasteiger partial charge in [0.25, 0.3) is 0 Å². The van der Waals surface area contributed by atoms with Gasteiger partial charge in [-0.2, -0.15) is 0 Å². The number of aromatic hydroxyl groups is 1. The minimum absolute atomic E-state index is 0.0164. The van der Waals surface area contributed by atoms with E-state index in [1.54, 1.807) is 70.2 Å². The number of nitrogens with two attached hydrogens (primary N) is 4. The maximum atomic E-state index is 15.1. The SMILES string of the molecule is CCC(C)C(NC(=O)C(CCCNC(=N)N)NC(=O)C(CC(C)C)NC(=O)C(N)Cc1ccc(O)cc1)C(=O)NC(C(=O)NC(CCC(N)=O)C(=O)NC1CSSCC(C(=O)NCC(=O)NC(Cc2ccccc2)C(=O)O)NC(=O)C(CO)NC(=O)CNC(=O)C(CCC(=O)O)NC(=O)C(C(C)C)NC(=O)C(CO)NC(=O)C(CCCNC(=N)N)NC1=O)C(C)C. The maximum absolute atomic E-state index is 15.1. The van der Waals surface area contributed by atoms with E-state index in [0.29, 0.717) is 32.7 Å². The van der Waals surface area contributed by atoms with Crippen LogP contribution in [0.1, 0.15) is 131 Å². The number of carboxylic acids is 2. The summed E-state index contributed by atoms with van der Waals surface area (Å²) >= 11 is 0. The molecule has 0 aliphatic carbocycles. The molecule has 3 rings (SSSR count). The number of primary amides is 1. The van der Waals surface area contributed by atoms with E-state index in [-0.39, 0.29) is 69.7 Å². The number of aliphatic hydroxyl groups excluding tert-OH is 2. The minimum atomic E-state index is -1.96. The summed E-state index contributed by atoms with van der Waals surface area (Å²) in [5, 5.41) is 107. The highest BCUT2D eigenvalue weighted by atomic mass is 33.1. The first kappa shape index (κ1) is 108. The lowest BCUT2D eigenvalue weighted by atomic mass is 9.95. The summed E-state index contributed by atoms with van der Waals surface area (Å²) in [6.45, 7) is 8.28. The van der Waals surface area contributed by atoms with Crippen LogP contribution in [0.4, 0.5) is 0 Å². The Bertz CT molecular complexity index is 4080. The van der Waals surface area contributed by atoms with Crippen LogP contribution in [0.25, 0.3) is 0 Å². The number of carbonyl (C=O) groups is 18. The molecule has 0 aromatic heterocycles. The molecule has 16 amide bonds. The van der Waals surface area contributed by atoms with E-state index >= 15 is 9.59 Å². The second-order valence-electron chi connectivity index (χ2n) is 31.0. The number of rotatable bonds is 43. The van der Waals surface area contributed by atoms with E-state index in [4.69, 9.17) is 33.8 Å². The van der Waals surface area contributed by atoms with E-state index in [2.05, 4.69) is 90.4 Å². The van der Waals surface area contributed by atoms with E-state index in [1.165, 1.54) is 39.8 Å². The second-order valence-corrected chi connectivity index (χ2v) is 33.5. The zero-order valence-electron chi connectivity index (χ0n) is 71.4. The van der Waals surface area contributed by atoms with Crippen molar-refractivity contribution in [1.82, 2.24) is 90.4 Å². The topological polar surface area (TPSA) is 765 Å². The third-order valence-electron chi connectivity index (χ3n) is 19.4. The summed E-state index contributed by atoms with van der Waals surface area (Å²) in [5.41, 5.74) is 24.1. The number of hydrogen-bond donors (Lipinski definition) is 28. The summed E-state index contributed by atoms with van der Waals surface area (Å²) in [4.78, 5) is 251. The Labute approximate surface area is 735 Å². The first-order chi connectivity index (χ1) is 59.4. The molecule has 15 atom stereocenters. The van der Waals surface area contributed by atoms with Crippen LogP contribution in [-0.2, 0) is 99.1 Å². The third kappa shape index (κ3) is 40.2. The lowest BCUT2D eigenvalue weighted by Gasteiger charge is -2.31. The molecule has 700 valence electrons. The van der Waals surface area contributed by atoms with Gasteiger partial charge >= 0.3 is 11.9 Å². The molecule has 1 aliphatic rings. The molecule has 126 heavy (non-hydrogen) atoms. The van der Waals surface area contributed by atoms with Gasteiger partial charge in [-0.25, -0.2) is 4.79 Å². The standard InChI is InChI=1S/C78H123N23O23S2/c1-9-41(8)62(101-68(115)47(18-14-28-86-78(83)84)91-69(116)50(29-38(2)3)95-63(110)45(79)30-43-19-21-44(104)22-20-43)75(122)100-61(40(6)7)74(121)94-49(23-25-56(80)105)67(114)98-55-37-126-125-36-54(65(112)88-32-57(106)89-51(76(123)124)31-42-15-11-10-12-16-42)97-70(117)52(34-102)90-58(107)33-87-64(111)48(24-26-59(108)109)93-73(120)60(39(4)5)99-71(118)53(35-103)96-66(113)46(92-72(55)119)17-13-27-85-77(81)82/h10-12,15-16,19-22,38-41,45-55,60-62,102-104H,9,13-14,17-18,23-37,79H2,1-8H3,(H2,80,105)(H,87,111)(H,88,112)(H,89,106)(H,90,107)(H,91,116)(H,92,119)(H,93,120)(H,94,121)(H,95,110)(H,96,113)(H,97,117)(H,98,114)(H,99,118)(H,100,122)(H,101,115)(H,108,109)(H,123,124)(H4,81,82,85)(H4,83,84,86). The highest BCUT2D eigenvalue weighted by Gasteiger charge is 2.40. The number of aliphatic carboxylic acids is 2. The molecule has 48 heteroatoms. The molecule has 0 bridgehead atoms. The van der Waals surface area contributed by atoms with Crippen LogP contribution in [0.3, 0.4) is 0 Å². The monoisotopic (exact) mass is 1810 g/mol. The summed E-state index contributed by atoms with van der Waals surface area (Å²) in [6.07, 6.45) is -3.08. The average molecular weight is 1820 g/mol. The van der Waals surface area contributed by atoms with Crippen molar-refractivity contribution < 1.29 is 112 Å². The molecule has 1 saturated heterocycles. The fraction of sp³-hybridized carbons (Fsp3) is 0.590. The van der Waals surface area contributed by atoms with Gasteiger partial charge in [0.2, 0.25) is 94.5 Å². The summed E-state index contributed by atoms with van der Waals surface area (Å²) in [6, 6.07) is -9.07. The number of benzene rings is 2. The van der Waals surface area contributed by atoms with Crippen molar-refractivity contribution in [3.63, 3.8) is 0 Å². The molecule has 2 aromatic carbocycles. The molecular formula is C78H123N23O23S2. The second kappa shape index (κ2) is 55.9. The number of carboxylic acid groups (broad SMARTS) is 2. The largest absolute Gasteiger partial charge is 0.508 e. The number of hydrogen-bond acceptors (Lipinski definition) is 26. The average Bonchev–Trinajstić information content (AvgIpc) is 0.834. The Kier molecular flexibility index (Phi) is 47.9. The van der Waals surface area contributed by atoms with Gasteiger partial charge in [0.1, 0.15) is 84.3 Å². The highest BCUT2D eigenvalue weighted by Crippen LogP contribution is 2.25.